The first-order chi connectivity index (χ1) is 16.1. The quantitative estimate of drug-likeness (QED) is 0.388. The Bertz CT molecular complexity index is 1250. The number of hydrogen-bond donors (Lipinski definition) is 3. The highest BCUT2D eigenvalue weighted by molar-refractivity contribution is 7.91. The summed E-state index contributed by atoms with van der Waals surface area (Å²) in [5.41, 5.74) is 0.225. The van der Waals surface area contributed by atoms with E-state index in [0.717, 1.165) is 24.3 Å². The van der Waals surface area contributed by atoms with Gasteiger partial charge in [0.05, 0.1) is 15.5 Å². The molecule has 0 bridgehead atoms. The Hall–Kier alpha value is -3.16. The van der Waals surface area contributed by atoms with Crippen LogP contribution in [0.4, 0.5) is 4.79 Å². The standard InChI is InChI=1S/C22H27NO10S2/c1-22(2,3)33-16-6-4-15(5-7-16)14-19(20(24)25)23-21(26)32-12-13-34(27,28)17-8-10-18(11-9-17)35(29,30)31/h4-11,19H,12-14H2,1-3H3,(H,23,26)(H,24,25)(H,29,30,31)/t19-/m0/s1. The predicted molar refractivity (Wildman–Crippen MR) is 125 cm³/mol. The molecule has 13 heteroatoms. The Balaban J connectivity index is 1.91. The minimum absolute atomic E-state index is 0.0430. The third-order valence-electron chi connectivity index (χ3n) is 4.44. The molecule has 0 aliphatic heterocycles. The van der Waals surface area contributed by atoms with Gasteiger partial charge in [0.1, 0.15) is 24.0 Å². The van der Waals surface area contributed by atoms with Crippen LogP contribution in [0.1, 0.15) is 26.3 Å². The van der Waals surface area contributed by atoms with E-state index in [4.69, 9.17) is 14.0 Å². The summed E-state index contributed by atoms with van der Waals surface area (Å²) in [6, 6.07) is 9.24. The largest absolute Gasteiger partial charge is 0.488 e. The van der Waals surface area contributed by atoms with Crippen LogP contribution in [-0.2, 0) is 35.9 Å². The lowest BCUT2D eigenvalue weighted by atomic mass is 10.1. The molecule has 0 aliphatic rings. The summed E-state index contributed by atoms with van der Waals surface area (Å²) < 4.78 is 66.2. The third kappa shape index (κ3) is 9.19. The van der Waals surface area contributed by atoms with Crippen molar-refractivity contribution < 1.29 is 45.6 Å². The fourth-order valence-corrected chi connectivity index (χ4v) is 4.42. The maximum atomic E-state index is 12.3. The lowest BCUT2D eigenvalue weighted by molar-refractivity contribution is -0.139. The molecule has 2 aromatic carbocycles. The fraction of sp³-hybridized carbons (Fsp3) is 0.364. The van der Waals surface area contributed by atoms with Gasteiger partial charge in [-0.2, -0.15) is 8.42 Å². The van der Waals surface area contributed by atoms with Crippen LogP contribution in [0.25, 0.3) is 0 Å². The molecule has 0 unspecified atom stereocenters. The van der Waals surface area contributed by atoms with Crippen molar-refractivity contribution in [3.05, 3.63) is 54.1 Å². The van der Waals surface area contributed by atoms with Crippen molar-refractivity contribution in [1.29, 1.82) is 0 Å². The van der Waals surface area contributed by atoms with E-state index in [0.29, 0.717) is 11.3 Å². The van der Waals surface area contributed by atoms with Crippen molar-refractivity contribution >= 4 is 32.0 Å². The number of rotatable bonds is 10. The van der Waals surface area contributed by atoms with Crippen LogP contribution in [0.3, 0.4) is 0 Å². The first-order valence-corrected chi connectivity index (χ1v) is 13.4. The van der Waals surface area contributed by atoms with E-state index in [2.05, 4.69) is 5.32 Å². The zero-order chi connectivity index (χ0) is 26.4. The van der Waals surface area contributed by atoms with Crippen molar-refractivity contribution in [2.45, 2.75) is 48.6 Å². The monoisotopic (exact) mass is 529 g/mol. The van der Waals surface area contributed by atoms with Gasteiger partial charge in [-0.3, -0.25) is 4.55 Å². The molecule has 0 saturated heterocycles. The zero-order valence-corrected chi connectivity index (χ0v) is 20.9. The van der Waals surface area contributed by atoms with Crippen LogP contribution in [0, 0.1) is 0 Å². The maximum absolute atomic E-state index is 12.3. The van der Waals surface area contributed by atoms with Crippen LogP contribution >= 0.6 is 0 Å². The second-order valence-electron chi connectivity index (χ2n) is 8.50. The van der Waals surface area contributed by atoms with Crippen LogP contribution in [0.5, 0.6) is 5.75 Å². The van der Waals surface area contributed by atoms with Gasteiger partial charge in [0.15, 0.2) is 9.84 Å². The Labute approximate surface area is 203 Å². The summed E-state index contributed by atoms with van der Waals surface area (Å²) in [6.07, 6.45) is -1.15. The van der Waals surface area contributed by atoms with Crippen LogP contribution < -0.4 is 10.1 Å². The van der Waals surface area contributed by atoms with E-state index in [1.807, 2.05) is 20.8 Å². The van der Waals surface area contributed by atoms with Crippen molar-refractivity contribution in [3.63, 3.8) is 0 Å². The van der Waals surface area contributed by atoms with Gasteiger partial charge in [0.25, 0.3) is 10.1 Å². The number of carboxylic acid groups (broad SMARTS) is 1. The van der Waals surface area contributed by atoms with Gasteiger partial charge in [-0.1, -0.05) is 12.1 Å². The highest BCUT2D eigenvalue weighted by atomic mass is 32.2. The SMILES string of the molecule is CC(C)(C)Oc1ccc(C[C@H](NC(=O)OCCS(=O)(=O)c2ccc(S(=O)(=O)O)cc2)C(=O)O)cc1. The molecule has 1 amide bonds. The van der Waals surface area contributed by atoms with Crippen molar-refractivity contribution in [3.8, 4) is 5.75 Å². The first-order valence-electron chi connectivity index (χ1n) is 10.3. The summed E-state index contributed by atoms with van der Waals surface area (Å²) in [5, 5.41) is 11.6. The number of alkyl carbamates (subject to hydrolysis) is 1. The lowest BCUT2D eigenvalue weighted by Crippen LogP contribution is -2.43. The van der Waals surface area contributed by atoms with Gasteiger partial charge >= 0.3 is 12.1 Å². The fourth-order valence-electron chi connectivity index (χ4n) is 2.85. The average molecular weight is 530 g/mol. The van der Waals surface area contributed by atoms with E-state index >= 15 is 0 Å². The lowest BCUT2D eigenvalue weighted by Gasteiger charge is -2.21. The molecule has 2 aromatic rings. The van der Waals surface area contributed by atoms with E-state index < -0.39 is 60.9 Å². The normalized spacial score (nSPS) is 13.0. The molecular formula is C22H27NO10S2. The van der Waals surface area contributed by atoms with Crippen molar-refractivity contribution in [2.75, 3.05) is 12.4 Å². The van der Waals surface area contributed by atoms with Crippen molar-refractivity contribution in [2.24, 2.45) is 0 Å². The third-order valence-corrected chi connectivity index (χ3v) is 7.01. The highest BCUT2D eigenvalue weighted by Crippen LogP contribution is 2.19. The Morgan fingerprint density at radius 2 is 1.49 bits per heavy atom. The molecule has 0 aliphatic carbocycles. The zero-order valence-electron chi connectivity index (χ0n) is 19.3. The van der Waals surface area contributed by atoms with E-state index in [-0.39, 0.29) is 11.3 Å². The Morgan fingerprint density at radius 3 is 1.97 bits per heavy atom. The summed E-state index contributed by atoms with van der Waals surface area (Å²) in [4.78, 5) is 22.9. The van der Waals surface area contributed by atoms with Crippen LogP contribution in [0.2, 0.25) is 0 Å². The molecule has 192 valence electrons. The summed E-state index contributed by atoms with van der Waals surface area (Å²) in [5.74, 6) is -1.32. The number of hydrogen-bond acceptors (Lipinski definition) is 8. The Kier molecular flexibility index (Phi) is 8.87. The minimum Gasteiger partial charge on any atom is -0.488 e. The molecule has 1 atom stereocenters. The van der Waals surface area contributed by atoms with E-state index in [9.17, 15) is 31.5 Å². The van der Waals surface area contributed by atoms with Gasteiger partial charge in [0, 0.05) is 6.42 Å². The summed E-state index contributed by atoms with van der Waals surface area (Å²) in [7, 11) is -8.41. The molecule has 35 heavy (non-hydrogen) atoms. The Morgan fingerprint density at radius 1 is 0.943 bits per heavy atom. The van der Waals surface area contributed by atoms with Crippen LogP contribution in [-0.4, -0.2) is 62.6 Å². The number of aliphatic carboxylic acids is 1. The van der Waals surface area contributed by atoms with Gasteiger partial charge in [-0.25, -0.2) is 18.0 Å². The molecule has 0 heterocycles. The van der Waals surface area contributed by atoms with Gasteiger partial charge in [-0.15, -0.1) is 0 Å². The van der Waals surface area contributed by atoms with Gasteiger partial charge < -0.3 is 19.9 Å². The predicted octanol–water partition coefficient (Wildman–Crippen LogP) is 2.31. The number of benzene rings is 2. The van der Waals surface area contributed by atoms with Gasteiger partial charge in [0.2, 0.25) is 0 Å². The molecule has 0 fully saturated rings. The van der Waals surface area contributed by atoms with Crippen LogP contribution in [0.15, 0.2) is 58.3 Å². The number of nitrogens with one attached hydrogen (secondary N) is 1. The molecule has 3 N–H and O–H groups in total. The molecule has 0 saturated carbocycles. The number of ether oxygens (including phenoxy) is 2. The van der Waals surface area contributed by atoms with Crippen molar-refractivity contribution in [1.82, 2.24) is 5.32 Å². The number of sulfone groups is 1. The van der Waals surface area contributed by atoms with Gasteiger partial charge in [-0.05, 0) is 62.7 Å². The molecule has 11 nitrogen and oxygen atoms in total. The molecule has 0 radical (unpaired) electrons. The smallest absolute Gasteiger partial charge is 0.407 e. The second-order valence-corrected chi connectivity index (χ2v) is 12.0. The number of carboxylic acids is 1. The number of amides is 1. The summed E-state index contributed by atoms with van der Waals surface area (Å²) in [6.45, 7) is 5.10. The minimum atomic E-state index is -4.47. The number of carbonyl (C=O) groups excluding carboxylic acids is 1. The maximum Gasteiger partial charge on any atom is 0.407 e. The molecule has 0 aromatic heterocycles. The molecular weight excluding hydrogens is 502 g/mol. The average Bonchev–Trinajstić information content (AvgIpc) is 2.73. The van der Waals surface area contributed by atoms with E-state index in [1.165, 1.54) is 0 Å². The number of carbonyl (C=O) groups is 2. The molecule has 0 spiro atoms. The topological polar surface area (TPSA) is 173 Å². The second kappa shape index (κ2) is 11.1. The highest BCUT2D eigenvalue weighted by Gasteiger charge is 2.23. The first kappa shape index (κ1) is 28.1. The summed E-state index contributed by atoms with van der Waals surface area (Å²) >= 11 is 0. The van der Waals surface area contributed by atoms with E-state index in [1.54, 1.807) is 24.3 Å². The molecule has 2 rings (SSSR count).